The molecule has 0 spiro atoms. The number of rotatable bonds is 12. The first kappa shape index (κ1) is 35.7. The Labute approximate surface area is 303 Å². The van der Waals surface area contributed by atoms with Crippen molar-refractivity contribution >= 4 is 57.5 Å². The fraction of sp³-hybridized carbons (Fsp3) is 0.385. The molecule has 4 aromatic rings. The number of fused-ring (bicyclic) bond motifs is 1. The lowest BCUT2D eigenvalue weighted by molar-refractivity contribution is -0.131. The second-order valence-electron chi connectivity index (χ2n) is 13.0. The third kappa shape index (κ3) is 8.28. The van der Waals surface area contributed by atoms with Gasteiger partial charge in [0.15, 0.2) is 17.3 Å². The zero-order valence-corrected chi connectivity index (χ0v) is 30.2. The molecule has 266 valence electrons. The molecule has 1 N–H and O–H groups in total. The zero-order valence-electron chi connectivity index (χ0n) is 29.3. The number of benzene rings is 3. The summed E-state index contributed by atoms with van der Waals surface area (Å²) >= 11 is 5.88. The van der Waals surface area contributed by atoms with Crippen molar-refractivity contribution in [2.75, 3.05) is 57.2 Å². The van der Waals surface area contributed by atoms with Crippen LogP contribution >= 0.6 is 12.2 Å². The first-order valence-electron chi connectivity index (χ1n) is 17.5. The van der Waals surface area contributed by atoms with Crippen LogP contribution in [0.3, 0.4) is 0 Å². The number of thiocarbonyl (C=S) groups is 1. The van der Waals surface area contributed by atoms with Gasteiger partial charge in [-0.3, -0.25) is 14.4 Å². The van der Waals surface area contributed by atoms with Crippen molar-refractivity contribution in [2.24, 2.45) is 5.92 Å². The van der Waals surface area contributed by atoms with Gasteiger partial charge in [-0.05, 0) is 30.9 Å². The van der Waals surface area contributed by atoms with Crippen LogP contribution in [0.15, 0.2) is 72.8 Å². The van der Waals surface area contributed by atoms with Crippen LogP contribution in [0.5, 0.6) is 11.5 Å². The number of nitrogens with zero attached hydrogens (tertiary/aromatic N) is 5. The highest BCUT2D eigenvalue weighted by Gasteiger charge is 2.35. The van der Waals surface area contributed by atoms with Crippen LogP contribution in [-0.2, 0) is 16.0 Å². The molecule has 2 amide bonds. The minimum absolute atomic E-state index is 0.0207. The largest absolute Gasteiger partial charge is 0.493 e. The second-order valence-corrected chi connectivity index (χ2v) is 13.4. The molecule has 6 rings (SSSR count). The summed E-state index contributed by atoms with van der Waals surface area (Å²) < 4.78 is 11.1. The van der Waals surface area contributed by atoms with Crippen molar-refractivity contribution in [3.63, 3.8) is 0 Å². The van der Waals surface area contributed by atoms with E-state index in [1.807, 2.05) is 82.3 Å². The number of carbonyl (C=O) groups is 3. The van der Waals surface area contributed by atoms with Gasteiger partial charge in [0.05, 0.1) is 24.7 Å². The average molecular weight is 709 g/mol. The van der Waals surface area contributed by atoms with Gasteiger partial charge in [-0.1, -0.05) is 79.8 Å². The average Bonchev–Trinajstić information content (AvgIpc) is 3.67. The first-order valence-corrected chi connectivity index (χ1v) is 17.9. The molecule has 11 nitrogen and oxygen atoms in total. The van der Waals surface area contributed by atoms with Gasteiger partial charge < -0.3 is 29.5 Å². The molecule has 12 heteroatoms. The third-order valence-electron chi connectivity index (χ3n) is 9.66. The number of Topliss-reactive ketones (excluding diaryl/α,β-unsaturated/α-hetero) is 1. The van der Waals surface area contributed by atoms with Gasteiger partial charge in [0.2, 0.25) is 17.8 Å². The molecule has 0 bridgehead atoms. The Morgan fingerprint density at radius 2 is 1.57 bits per heavy atom. The van der Waals surface area contributed by atoms with Crippen LogP contribution in [0.25, 0.3) is 10.9 Å². The normalized spacial score (nSPS) is 16.5. The van der Waals surface area contributed by atoms with Crippen molar-refractivity contribution in [1.29, 1.82) is 0 Å². The number of methoxy groups -OCH3 is 2. The number of aromatic nitrogens is 2. The molecule has 0 radical (unpaired) electrons. The van der Waals surface area contributed by atoms with Crippen LogP contribution in [0.2, 0.25) is 0 Å². The lowest BCUT2D eigenvalue weighted by atomic mass is 9.99. The van der Waals surface area contributed by atoms with E-state index in [4.69, 9.17) is 31.7 Å². The molecule has 2 saturated heterocycles. The number of amides is 2. The lowest BCUT2D eigenvalue weighted by Crippen LogP contribution is -2.49. The molecule has 3 heterocycles. The molecule has 1 aromatic heterocycles. The minimum atomic E-state index is -0.508. The summed E-state index contributed by atoms with van der Waals surface area (Å²) in [6.07, 6.45) is 2.85. The Hall–Kier alpha value is -5.10. The molecule has 51 heavy (non-hydrogen) atoms. The standard InChI is InChI=1S/C39H44N6O5S/c1-26(23-32(46)28-13-8-5-9-14-28)38(51)45-18-10-15-31(45)37(48)41-36-29-24-33(49-2)34(50-3)25-30(29)40-39(42-36)44-21-19-43(20-22-44)35(47)17-16-27-11-6-4-7-12-27/h4-9,11-14,24-26,31H,10,15-23H2,1-3H3,(H,40,41,42,48)/t26?,31-/m1/s1. The Kier molecular flexibility index (Phi) is 11.4. The number of hydrogen-bond donors (Lipinski definition) is 1. The summed E-state index contributed by atoms with van der Waals surface area (Å²) in [5.41, 5.74) is 2.38. The van der Waals surface area contributed by atoms with Crippen LogP contribution in [0.1, 0.15) is 48.5 Å². The zero-order chi connectivity index (χ0) is 35.9. The SMILES string of the molecule is COc1cc2nc(N3CCN(C(=O)CCc4ccccc4)CC3)nc(NC(=O)[C@H]3CCCN3C(=S)C(C)CC(=O)c3ccccc3)c2cc1OC. The van der Waals surface area contributed by atoms with E-state index in [-0.39, 0.29) is 29.9 Å². The molecule has 1 unspecified atom stereocenters. The van der Waals surface area contributed by atoms with E-state index >= 15 is 0 Å². The number of likely N-dealkylation sites (tertiary alicyclic amines) is 1. The highest BCUT2D eigenvalue weighted by Crippen LogP contribution is 2.36. The Morgan fingerprint density at radius 3 is 2.25 bits per heavy atom. The Balaban J connectivity index is 1.18. The molecule has 0 aliphatic carbocycles. The summed E-state index contributed by atoms with van der Waals surface area (Å²) in [5.74, 6) is 1.50. The Bertz CT molecular complexity index is 1880. The Morgan fingerprint density at radius 1 is 0.902 bits per heavy atom. The fourth-order valence-corrected chi connectivity index (χ4v) is 7.09. The number of hydrogen-bond acceptors (Lipinski definition) is 9. The highest BCUT2D eigenvalue weighted by molar-refractivity contribution is 7.80. The monoisotopic (exact) mass is 708 g/mol. The van der Waals surface area contributed by atoms with Gasteiger partial charge in [-0.2, -0.15) is 4.98 Å². The molecule has 2 aliphatic heterocycles. The summed E-state index contributed by atoms with van der Waals surface area (Å²) in [6, 6.07) is 22.3. The maximum absolute atomic E-state index is 14.0. The second kappa shape index (κ2) is 16.3. The topological polar surface area (TPSA) is 117 Å². The number of nitrogens with one attached hydrogen (secondary N) is 1. The van der Waals surface area contributed by atoms with Crippen LogP contribution in [0, 0.1) is 5.92 Å². The van der Waals surface area contributed by atoms with Gasteiger partial charge >= 0.3 is 0 Å². The lowest BCUT2D eigenvalue weighted by Gasteiger charge is -2.35. The predicted octanol–water partition coefficient (Wildman–Crippen LogP) is 5.57. The van der Waals surface area contributed by atoms with Gasteiger partial charge in [-0.25, -0.2) is 4.98 Å². The quantitative estimate of drug-likeness (QED) is 0.148. The first-order chi connectivity index (χ1) is 24.7. The molecular formula is C39H44N6O5S. The highest BCUT2D eigenvalue weighted by atomic mass is 32.1. The van der Waals surface area contributed by atoms with E-state index in [1.54, 1.807) is 26.4 Å². The van der Waals surface area contributed by atoms with Crippen LogP contribution in [0.4, 0.5) is 11.8 Å². The van der Waals surface area contributed by atoms with Crippen LogP contribution < -0.4 is 19.7 Å². The fourth-order valence-electron chi connectivity index (χ4n) is 6.78. The van der Waals surface area contributed by atoms with E-state index in [2.05, 4.69) is 5.32 Å². The number of aryl methyl sites for hydroxylation is 1. The summed E-state index contributed by atoms with van der Waals surface area (Å²) in [4.78, 5) is 56.2. The summed E-state index contributed by atoms with van der Waals surface area (Å²) in [7, 11) is 3.12. The molecule has 2 atom stereocenters. The van der Waals surface area contributed by atoms with Gasteiger partial charge in [-0.15, -0.1) is 0 Å². The number of carbonyl (C=O) groups excluding carboxylic acids is 3. The van der Waals surface area contributed by atoms with E-state index < -0.39 is 6.04 Å². The van der Waals surface area contributed by atoms with Crippen LogP contribution in [-0.4, -0.2) is 95.3 Å². The number of piperazine rings is 1. The molecular weight excluding hydrogens is 665 g/mol. The van der Waals surface area contributed by atoms with Gasteiger partial charge in [0.1, 0.15) is 11.9 Å². The van der Waals surface area contributed by atoms with Gasteiger partial charge in [0, 0.05) is 68.5 Å². The molecule has 3 aromatic carbocycles. The molecule has 2 fully saturated rings. The summed E-state index contributed by atoms with van der Waals surface area (Å²) in [6.45, 7) is 4.76. The maximum atomic E-state index is 14.0. The number of ether oxygens (including phenoxy) is 2. The predicted molar refractivity (Wildman–Crippen MR) is 202 cm³/mol. The molecule has 0 saturated carbocycles. The van der Waals surface area contributed by atoms with Crippen molar-refractivity contribution in [1.82, 2.24) is 19.8 Å². The van der Waals surface area contributed by atoms with E-state index in [1.165, 1.54) is 0 Å². The minimum Gasteiger partial charge on any atom is -0.493 e. The molecule has 2 aliphatic rings. The summed E-state index contributed by atoms with van der Waals surface area (Å²) in [5, 5.41) is 3.70. The van der Waals surface area contributed by atoms with Crippen molar-refractivity contribution in [3.8, 4) is 11.5 Å². The van der Waals surface area contributed by atoms with Gasteiger partial charge in [0.25, 0.3) is 0 Å². The maximum Gasteiger partial charge on any atom is 0.248 e. The van der Waals surface area contributed by atoms with Crippen molar-refractivity contribution in [2.45, 2.75) is 45.1 Å². The van der Waals surface area contributed by atoms with Crippen molar-refractivity contribution in [3.05, 3.63) is 83.9 Å². The van der Waals surface area contributed by atoms with E-state index in [9.17, 15) is 14.4 Å². The van der Waals surface area contributed by atoms with Crippen molar-refractivity contribution < 1.29 is 23.9 Å². The van der Waals surface area contributed by atoms with E-state index in [0.717, 1.165) is 12.0 Å². The number of ketones is 1. The smallest absolute Gasteiger partial charge is 0.248 e. The third-order valence-corrected chi connectivity index (χ3v) is 10.3. The number of anilines is 2. The van der Waals surface area contributed by atoms with E-state index in [0.29, 0.717) is 96.7 Å².